The zero-order chi connectivity index (χ0) is 29.7. The molecule has 1 aliphatic carbocycles. The van der Waals surface area contributed by atoms with Gasteiger partial charge in [0.1, 0.15) is 11.2 Å². The van der Waals surface area contributed by atoms with E-state index >= 15 is 0 Å². The van der Waals surface area contributed by atoms with Gasteiger partial charge in [0.25, 0.3) is 0 Å². The summed E-state index contributed by atoms with van der Waals surface area (Å²) in [4.78, 5) is 19.9. The molecule has 0 spiro atoms. The molecule has 45 heavy (non-hydrogen) atoms. The molecule has 0 amide bonds. The molecule has 0 aliphatic heterocycles. The van der Waals surface area contributed by atoms with E-state index in [1.807, 2.05) is 24.4 Å². The van der Waals surface area contributed by atoms with Crippen molar-refractivity contribution in [1.82, 2.24) is 19.9 Å². The fourth-order valence-corrected chi connectivity index (χ4v) is 6.34. The number of pyridine rings is 1. The number of rotatable bonds is 4. The molecule has 5 heteroatoms. The number of benzene rings is 5. The fraction of sp³-hybridized carbons (Fsp3) is 0.0500. The largest absolute Gasteiger partial charge is 0.455 e. The van der Waals surface area contributed by atoms with Gasteiger partial charge in [-0.15, -0.1) is 0 Å². The maximum atomic E-state index is 6.68. The van der Waals surface area contributed by atoms with Crippen LogP contribution >= 0.6 is 0 Å². The molecule has 0 saturated carbocycles. The van der Waals surface area contributed by atoms with Crippen LogP contribution in [0.1, 0.15) is 18.7 Å². The van der Waals surface area contributed by atoms with Gasteiger partial charge in [-0.25, -0.2) is 15.0 Å². The topological polar surface area (TPSA) is 64.7 Å². The molecule has 5 aromatic carbocycles. The second-order valence-electron chi connectivity index (χ2n) is 11.4. The number of furan rings is 1. The van der Waals surface area contributed by atoms with Crippen molar-refractivity contribution in [1.29, 1.82) is 0 Å². The molecule has 8 aromatic rings. The molecular weight excluding hydrogens is 552 g/mol. The summed E-state index contributed by atoms with van der Waals surface area (Å²) in [5.41, 5.74) is 7.44. The van der Waals surface area contributed by atoms with Gasteiger partial charge in [0.05, 0.1) is 5.52 Å². The quantitative estimate of drug-likeness (QED) is 0.208. The Balaban J connectivity index is 1.34. The minimum absolute atomic E-state index is 0.613. The van der Waals surface area contributed by atoms with Crippen LogP contribution in [0.25, 0.3) is 83.1 Å². The van der Waals surface area contributed by atoms with Gasteiger partial charge in [-0.1, -0.05) is 91.0 Å². The molecule has 0 bridgehead atoms. The zero-order valence-electron chi connectivity index (χ0n) is 24.3. The Labute approximate surface area is 259 Å². The monoisotopic (exact) mass is 578 g/mol. The van der Waals surface area contributed by atoms with E-state index < -0.39 is 0 Å². The van der Waals surface area contributed by atoms with Crippen molar-refractivity contribution >= 4 is 49.2 Å². The maximum Gasteiger partial charge on any atom is 0.164 e. The molecule has 1 aliphatic rings. The number of hydrogen-bond acceptors (Lipinski definition) is 5. The van der Waals surface area contributed by atoms with Crippen molar-refractivity contribution in [2.45, 2.75) is 12.8 Å². The van der Waals surface area contributed by atoms with Gasteiger partial charge < -0.3 is 4.42 Å². The van der Waals surface area contributed by atoms with Crippen molar-refractivity contribution in [3.63, 3.8) is 0 Å². The van der Waals surface area contributed by atoms with Crippen molar-refractivity contribution in [3.8, 4) is 33.9 Å². The third-order valence-corrected chi connectivity index (χ3v) is 8.57. The predicted octanol–water partition coefficient (Wildman–Crippen LogP) is 10.2. The molecule has 3 aromatic heterocycles. The Morgan fingerprint density at radius 2 is 1.38 bits per heavy atom. The Morgan fingerprint density at radius 3 is 2.27 bits per heavy atom. The third-order valence-electron chi connectivity index (χ3n) is 8.57. The average molecular weight is 579 g/mol. The number of allylic oxidation sites excluding steroid dienone is 4. The van der Waals surface area contributed by atoms with E-state index in [0.29, 0.717) is 17.5 Å². The summed E-state index contributed by atoms with van der Waals surface area (Å²) < 4.78 is 6.68. The number of fused-ring (bicyclic) bond motifs is 5. The van der Waals surface area contributed by atoms with Crippen LogP contribution < -0.4 is 0 Å². The van der Waals surface area contributed by atoms with Crippen LogP contribution in [0.4, 0.5) is 0 Å². The number of nitrogens with zero attached hydrogens (tertiary/aromatic N) is 4. The molecule has 0 radical (unpaired) electrons. The van der Waals surface area contributed by atoms with Crippen molar-refractivity contribution in [3.05, 3.63) is 139 Å². The highest BCUT2D eigenvalue weighted by Gasteiger charge is 2.21. The van der Waals surface area contributed by atoms with Crippen LogP contribution in [0.15, 0.2) is 138 Å². The first-order valence-corrected chi connectivity index (χ1v) is 15.2. The highest BCUT2D eigenvalue weighted by molar-refractivity contribution is 6.18. The molecule has 0 unspecified atom stereocenters. The van der Waals surface area contributed by atoms with Crippen LogP contribution in [-0.4, -0.2) is 19.9 Å². The van der Waals surface area contributed by atoms with Crippen LogP contribution in [0.3, 0.4) is 0 Å². The summed E-state index contributed by atoms with van der Waals surface area (Å²) in [7, 11) is 0. The zero-order valence-corrected chi connectivity index (χ0v) is 24.3. The van der Waals surface area contributed by atoms with Gasteiger partial charge >= 0.3 is 0 Å². The van der Waals surface area contributed by atoms with Gasteiger partial charge in [-0.2, -0.15) is 0 Å². The summed E-state index contributed by atoms with van der Waals surface area (Å²) in [6.45, 7) is 0. The minimum Gasteiger partial charge on any atom is -0.455 e. The Hall–Kier alpha value is -5.94. The van der Waals surface area contributed by atoms with E-state index in [1.165, 1.54) is 5.39 Å². The van der Waals surface area contributed by atoms with Gasteiger partial charge in [0.2, 0.25) is 0 Å². The summed E-state index contributed by atoms with van der Waals surface area (Å²) in [5, 5.41) is 5.36. The lowest BCUT2D eigenvalue weighted by Crippen LogP contribution is -2.03. The highest BCUT2D eigenvalue weighted by Crippen LogP contribution is 2.42. The van der Waals surface area contributed by atoms with Gasteiger partial charge in [-0.05, 0) is 59.5 Å². The minimum atomic E-state index is 0.613. The first-order valence-electron chi connectivity index (χ1n) is 15.2. The first kappa shape index (κ1) is 25.5. The lowest BCUT2D eigenvalue weighted by atomic mass is 9.97. The second kappa shape index (κ2) is 10.4. The standard InChI is InChI=1S/C40H26N4O/c1-3-11-26(12-4-1)31-19-20-32(36-33-23-29-16-9-21-41-34(29)24-35(33)45-37(31)36)40-43-38(27-13-5-2-6-14-27)42-39(44-40)30-18-17-25-10-7-8-15-28(25)22-30/h1,3-5,7-24H,2,6H2. The SMILES string of the molecule is C1=CC(c2nc(-c3ccc4ccccc4c3)nc(-c3ccc(-c4ccccc4)c4oc5cc6ncccc6cc5c34)n2)=CCC1. The summed E-state index contributed by atoms with van der Waals surface area (Å²) in [5.74, 6) is 1.92. The summed E-state index contributed by atoms with van der Waals surface area (Å²) >= 11 is 0. The van der Waals surface area contributed by atoms with Crippen LogP contribution in [0.5, 0.6) is 0 Å². The lowest BCUT2D eigenvalue weighted by Gasteiger charge is -2.12. The average Bonchev–Trinajstić information content (AvgIpc) is 3.49. The van der Waals surface area contributed by atoms with Crippen molar-refractivity contribution in [2.24, 2.45) is 0 Å². The lowest BCUT2D eigenvalue weighted by molar-refractivity contribution is 0.670. The van der Waals surface area contributed by atoms with Crippen molar-refractivity contribution < 1.29 is 4.42 Å². The second-order valence-corrected chi connectivity index (χ2v) is 11.4. The molecule has 3 heterocycles. The van der Waals surface area contributed by atoms with E-state index in [-0.39, 0.29) is 0 Å². The van der Waals surface area contributed by atoms with Crippen LogP contribution in [-0.2, 0) is 0 Å². The van der Waals surface area contributed by atoms with E-state index in [2.05, 4.69) is 114 Å². The van der Waals surface area contributed by atoms with Gasteiger partial charge in [-0.3, -0.25) is 4.98 Å². The Kier molecular flexibility index (Phi) is 5.88. The van der Waals surface area contributed by atoms with E-state index in [4.69, 9.17) is 19.4 Å². The first-order chi connectivity index (χ1) is 22.3. The van der Waals surface area contributed by atoms with Gasteiger partial charge in [0, 0.05) is 50.7 Å². The van der Waals surface area contributed by atoms with E-state index in [0.717, 1.165) is 78.9 Å². The number of aromatic nitrogens is 4. The molecule has 9 rings (SSSR count). The maximum absolute atomic E-state index is 6.68. The normalized spacial score (nSPS) is 13.2. The summed E-state index contributed by atoms with van der Waals surface area (Å²) in [6, 6.07) is 37.6. The molecule has 5 nitrogen and oxygen atoms in total. The molecule has 0 N–H and O–H groups in total. The third kappa shape index (κ3) is 4.40. The van der Waals surface area contributed by atoms with E-state index in [9.17, 15) is 0 Å². The van der Waals surface area contributed by atoms with Gasteiger partial charge in [0.15, 0.2) is 17.5 Å². The predicted molar refractivity (Wildman–Crippen MR) is 183 cm³/mol. The Morgan fingerprint density at radius 1 is 0.578 bits per heavy atom. The molecule has 0 saturated heterocycles. The molecule has 0 fully saturated rings. The number of hydrogen-bond donors (Lipinski definition) is 0. The summed E-state index contributed by atoms with van der Waals surface area (Å²) in [6.07, 6.45) is 10.3. The molecule has 212 valence electrons. The molecule has 0 atom stereocenters. The highest BCUT2D eigenvalue weighted by atomic mass is 16.3. The smallest absolute Gasteiger partial charge is 0.164 e. The van der Waals surface area contributed by atoms with Crippen LogP contribution in [0, 0.1) is 0 Å². The fourth-order valence-electron chi connectivity index (χ4n) is 6.34. The molecular formula is C40H26N4O. The van der Waals surface area contributed by atoms with Crippen molar-refractivity contribution in [2.75, 3.05) is 0 Å². The van der Waals surface area contributed by atoms with E-state index in [1.54, 1.807) is 0 Å². The Bertz CT molecular complexity index is 2490. The van der Waals surface area contributed by atoms with Crippen LogP contribution in [0.2, 0.25) is 0 Å².